The molecule has 78 valence electrons. The first-order valence-corrected chi connectivity index (χ1v) is 4.82. The van der Waals surface area contributed by atoms with Crippen LogP contribution >= 0.6 is 0 Å². The molecule has 0 aromatic carbocycles. The highest BCUT2D eigenvalue weighted by molar-refractivity contribution is 4.92. The van der Waals surface area contributed by atoms with E-state index < -0.39 is 0 Å². The Morgan fingerprint density at radius 3 is 2.57 bits per heavy atom. The van der Waals surface area contributed by atoms with Crippen LogP contribution in [0.1, 0.15) is 19.2 Å². The number of hydrogen-bond donors (Lipinski definition) is 1. The van der Waals surface area contributed by atoms with Crippen LogP contribution < -0.4 is 5.73 Å². The highest BCUT2D eigenvalue weighted by Gasteiger charge is 2.16. The predicted octanol–water partition coefficient (Wildman–Crippen LogP) is 0.771. The fraction of sp³-hybridized carbons (Fsp3) is 0.600. The van der Waals surface area contributed by atoms with E-state index in [2.05, 4.69) is 16.9 Å². The second kappa shape index (κ2) is 5.67. The molecule has 14 heavy (non-hydrogen) atoms. The van der Waals surface area contributed by atoms with Crippen molar-refractivity contribution in [2.24, 2.45) is 5.73 Å². The van der Waals surface area contributed by atoms with Crippen LogP contribution in [0.3, 0.4) is 0 Å². The Balaban J connectivity index is 2.52. The van der Waals surface area contributed by atoms with Crippen molar-refractivity contribution in [3.05, 3.63) is 24.3 Å². The molecular weight excluding hydrogens is 178 g/mol. The normalized spacial score (nSPS) is 15.1. The van der Waals surface area contributed by atoms with Gasteiger partial charge >= 0.3 is 0 Å². The van der Waals surface area contributed by atoms with Crippen LogP contribution in [0.15, 0.2) is 18.5 Å². The summed E-state index contributed by atoms with van der Waals surface area (Å²) in [5, 5.41) is 0. The van der Waals surface area contributed by atoms with E-state index in [4.69, 9.17) is 10.5 Å². The lowest BCUT2D eigenvalue weighted by molar-refractivity contribution is 0.0767. The van der Waals surface area contributed by atoms with Crippen molar-refractivity contribution in [2.75, 3.05) is 7.11 Å². The maximum Gasteiger partial charge on any atom is 0.129 e. The monoisotopic (exact) mass is 195 g/mol. The number of rotatable bonds is 5. The zero-order valence-electron chi connectivity index (χ0n) is 8.68. The molecule has 0 saturated carbocycles. The third-order valence-electron chi connectivity index (χ3n) is 2.22. The van der Waals surface area contributed by atoms with Gasteiger partial charge in [0.15, 0.2) is 0 Å². The number of methoxy groups -OCH3 is 1. The number of hydrogen-bond acceptors (Lipinski definition) is 4. The molecule has 0 bridgehead atoms. The lowest BCUT2D eigenvalue weighted by Gasteiger charge is -2.20. The van der Waals surface area contributed by atoms with E-state index in [0.717, 1.165) is 12.2 Å². The number of nitrogens with two attached hydrogens (primary N) is 1. The second-order valence-corrected chi connectivity index (χ2v) is 3.22. The zero-order chi connectivity index (χ0) is 10.4. The number of ether oxygens (including phenoxy) is 1. The van der Waals surface area contributed by atoms with Gasteiger partial charge in [-0.1, -0.05) is 6.92 Å². The minimum Gasteiger partial charge on any atom is -0.380 e. The fourth-order valence-corrected chi connectivity index (χ4v) is 1.42. The Morgan fingerprint density at radius 2 is 2.07 bits per heavy atom. The molecule has 4 nitrogen and oxygen atoms in total. The Labute approximate surface area is 84.5 Å². The number of aromatic nitrogens is 2. The van der Waals surface area contributed by atoms with Crippen molar-refractivity contribution in [3.8, 4) is 0 Å². The quantitative estimate of drug-likeness (QED) is 0.754. The van der Waals surface area contributed by atoms with Crippen LogP contribution in [0.2, 0.25) is 0 Å². The summed E-state index contributed by atoms with van der Waals surface area (Å²) in [7, 11) is 1.68. The average Bonchev–Trinajstić information content (AvgIpc) is 2.21. The van der Waals surface area contributed by atoms with E-state index in [9.17, 15) is 0 Å². The van der Waals surface area contributed by atoms with Crippen LogP contribution in [-0.2, 0) is 11.2 Å². The van der Waals surface area contributed by atoms with E-state index in [0.29, 0.717) is 6.42 Å². The molecule has 4 heteroatoms. The predicted molar refractivity (Wildman–Crippen MR) is 54.8 cm³/mol. The van der Waals surface area contributed by atoms with Gasteiger partial charge in [0.1, 0.15) is 5.82 Å². The van der Waals surface area contributed by atoms with E-state index >= 15 is 0 Å². The first-order valence-electron chi connectivity index (χ1n) is 4.82. The molecular formula is C10H17N3O. The van der Waals surface area contributed by atoms with Crippen LogP contribution in [-0.4, -0.2) is 29.2 Å². The molecule has 2 atom stereocenters. The highest BCUT2D eigenvalue weighted by atomic mass is 16.5. The van der Waals surface area contributed by atoms with E-state index in [1.54, 1.807) is 25.6 Å². The molecule has 0 aliphatic carbocycles. The molecule has 1 rings (SSSR count). The summed E-state index contributed by atoms with van der Waals surface area (Å²) in [6.07, 6.45) is 5.10. The minimum atomic E-state index is -0.0348. The van der Waals surface area contributed by atoms with E-state index in [-0.39, 0.29) is 12.1 Å². The van der Waals surface area contributed by atoms with Crippen LogP contribution in [0.25, 0.3) is 0 Å². The van der Waals surface area contributed by atoms with Crippen molar-refractivity contribution in [1.82, 2.24) is 9.97 Å². The van der Waals surface area contributed by atoms with Gasteiger partial charge in [-0.15, -0.1) is 0 Å². The Hall–Kier alpha value is -1.00. The summed E-state index contributed by atoms with van der Waals surface area (Å²) in [5.74, 6) is 0.774. The van der Waals surface area contributed by atoms with Gasteiger partial charge in [-0.05, 0) is 12.5 Å². The molecule has 0 saturated heterocycles. The van der Waals surface area contributed by atoms with Gasteiger partial charge in [0.05, 0.1) is 6.10 Å². The van der Waals surface area contributed by atoms with Crippen LogP contribution in [0, 0.1) is 0 Å². The van der Waals surface area contributed by atoms with Gasteiger partial charge in [-0.3, -0.25) is 0 Å². The van der Waals surface area contributed by atoms with Gasteiger partial charge in [0.2, 0.25) is 0 Å². The fourth-order valence-electron chi connectivity index (χ4n) is 1.42. The highest BCUT2D eigenvalue weighted by Crippen LogP contribution is 2.05. The van der Waals surface area contributed by atoms with Gasteiger partial charge < -0.3 is 10.5 Å². The Bertz CT molecular complexity index is 249. The molecule has 0 fully saturated rings. The molecule has 0 spiro atoms. The first kappa shape index (κ1) is 11.1. The maximum atomic E-state index is 5.97. The summed E-state index contributed by atoms with van der Waals surface area (Å²) in [6, 6.07) is 1.76. The maximum absolute atomic E-state index is 5.97. The van der Waals surface area contributed by atoms with Crippen molar-refractivity contribution in [3.63, 3.8) is 0 Å². The smallest absolute Gasteiger partial charge is 0.129 e. The summed E-state index contributed by atoms with van der Waals surface area (Å²) < 4.78 is 5.25. The first-order chi connectivity index (χ1) is 6.77. The summed E-state index contributed by atoms with van der Waals surface area (Å²) in [6.45, 7) is 2.06. The molecule has 1 aromatic heterocycles. The summed E-state index contributed by atoms with van der Waals surface area (Å²) in [4.78, 5) is 8.25. The summed E-state index contributed by atoms with van der Waals surface area (Å²) in [5.41, 5.74) is 5.97. The molecule has 0 aliphatic rings. The van der Waals surface area contributed by atoms with E-state index in [1.807, 2.05) is 0 Å². The lowest BCUT2D eigenvalue weighted by atomic mass is 10.1. The molecule has 1 heterocycles. The van der Waals surface area contributed by atoms with Gasteiger partial charge in [-0.2, -0.15) is 0 Å². The average molecular weight is 195 g/mol. The standard InChI is InChI=1S/C10H17N3O/c1-3-9(14-2)8(11)7-10-12-5-4-6-13-10/h4-6,8-9H,3,7,11H2,1-2H3/t8-,9-/m1/s1. The molecule has 0 amide bonds. The third-order valence-corrected chi connectivity index (χ3v) is 2.22. The lowest BCUT2D eigenvalue weighted by Crippen LogP contribution is -2.38. The SMILES string of the molecule is CC[C@@H](OC)[C@H](N)Cc1ncccn1. The number of nitrogens with zero attached hydrogens (tertiary/aromatic N) is 2. The topological polar surface area (TPSA) is 61.0 Å². The molecule has 0 aliphatic heterocycles. The molecule has 1 aromatic rings. The van der Waals surface area contributed by atoms with Gasteiger partial charge in [-0.25, -0.2) is 9.97 Å². The van der Waals surface area contributed by atoms with Gasteiger partial charge in [0, 0.05) is 32.0 Å². The largest absolute Gasteiger partial charge is 0.380 e. The Kier molecular flexibility index (Phi) is 4.49. The molecule has 0 unspecified atom stereocenters. The Morgan fingerprint density at radius 1 is 1.43 bits per heavy atom. The van der Waals surface area contributed by atoms with Crippen LogP contribution in [0.5, 0.6) is 0 Å². The van der Waals surface area contributed by atoms with Crippen molar-refractivity contribution in [1.29, 1.82) is 0 Å². The minimum absolute atomic E-state index is 0.0348. The summed E-state index contributed by atoms with van der Waals surface area (Å²) >= 11 is 0. The van der Waals surface area contributed by atoms with E-state index in [1.165, 1.54) is 0 Å². The molecule has 2 N–H and O–H groups in total. The van der Waals surface area contributed by atoms with Gasteiger partial charge in [0.25, 0.3) is 0 Å². The van der Waals surface area contributed by atoms with Crippen molar-refractivity contribution >= 4 is 0 Å². The zero-order valence-corrected chi connectivity index (χ0v) is 8.68. The van der Waals surface area contributed by atoms with Crippen molar-refractivity contribution in [2.45, 2.75) is 31.9 Å². The second-order valence-electron chi connectivity index (χ2n) is 3.22. The van der Waals surface area contributed by atoms with Crippen LogP contribution in [0.4, 0.5) is 0 Å². The third kappa shape index (κ3) is 3.05. The van der Waals surface area contributed by atoms with Crippen molar-refractivity contribution < 1.29 is 4.74 Å². The molecule has 0 radical (unpaired) electrons.